The lowest BCUT2D eigenvalue weighted by atomic mass is 10.2. The number of methoxy groups -OCH3 is 1. The fourth-order valence-electron chi connectivity index (χ4n) is 2.43. The number of nitrogens with one attached hydrogen (secondary N) is 2. The van der Waals surface area contributed by atoms with Crippen molar-refractivity contribution >= 4 is 47.5 Å². The standard InChI is InChI=1S/C16H22N4O3.HI/c1-17-16(18-9-8-15(22)23-2)19-12-10-14(21)20(11-12)13-6-4-3-5-7-13;/h3-7,12H,8-11H2,1-2H3,(H2,17,18,19);1H. The van der Waals surface area contributed by atoms with Crippen LogP contribution in [0.1, 0.15) is 12.8 Å². The number of aliphatic imine (C=N–C) groups is 1. The van der Waals surface area contributed by atoms with Gasteiger partial charge in [-0.3, -0.25) is 14.6 Å². The van der Waals surface area contributed by atoms with Crippen molar-refractivity contribution in [3.05, 3.63) is 30.3 Å². The number of rotatable bonds is 5. The molecule has 0 bridgehead atoms. The first-order chi connectivity index (χ1) is 11.1. The van der Waals surface area contributed by atoms with Gasteiger partial charge in [0.05, 0.1) is 19.6 Å². The molecular formula is C16H23IN4O3. The molecule has 1 aromatic rings. The van der Waals surface area contributed by atoms with Gasteiger partial charge in [-0.05, 0) is 12.1 Å². The van der Waals surface area contributed by atoms with E-state index in [9.17, 15) is 9.59 Å². The average Bonchev–Trinajstić information content (AvgIpc) is 2.94. The number of ether oxygens (including phenoxy) is 1. The Morgan fingerprint density at radius 3 is 2.71 bits per heavy atom. The smallest absolute Gasteiger partial charge is 0.307 e. The molecule has 0 aliphatic carbocycles. The van der Waals surface area contributed by atoms with E-state index in [4.69, 9.17) is 0 Å². The Labute approximate surface area is 158 Å². The molecule has 1 heterocycles. The van der Waals surface area contributed by atoms with Crippen LogP contribution in [0.5, 0.6) is 0 Å². The zero-order valence-corrected chi connectivity index (χ0v) is 16.2. The van der Waals surface area contributed by atoms with Crippen LogP contribution < -0.4 is 15.5 Å². The van der Waals surface area contributed by atoms with Crippen molar-refractivity contribution in [1.29, 1.82) is 0 Å². The molecule has 7 nitrogen and oxygen atoms in total. The van der Waals surface area contributed by atoms with E-state index < -0.39 is 0 Å². The van der Waals surface area contributed by atoms with Crippen molar-refractivity contribution in [2.24, 2.45) is 4.99 Å². The van der Waals surface area contributed by atoms with Crippen LogP contribution in [0.25, 0.3) is 0 Å². The van der Waals surface area contributed by atoms with Crippen LogP contribution in [-0.4, -0.2) is 51.1 Å². The van der Waals surface area contributed by atoms with Gasteiger partial charge < -0.3 is 20.3 Å². The van der Waals surface area contributed by atoms with Gasteiger partial charge >= 0.3 is 5.97 Å². The second-order valence-electron chi connectivity index (χ2n) is 5.21. The van der Waals surface area contributed by atoms with E-state index in [1.807, 2.05) is 30.3 Å². The van der Waals surface area contributed by atoms with Gasteiger partial charge in [0.25, 0.3) is 0 Å². The Hall–Kier alpha value is -1.84. The third-order valence-corrected chi connectivity index (χ3v) is 3.61. The highest BCUT2D eigenvalue weighted by Gasteiger charge is 2.30. The van der Waals surface area contributed by atoms with E-state index in [2.05, 4.69) is 20.4 Å². The van der Waals surface area contributed by atoms with Crippen LogP contribution in [-0.2, 0) is 14.3 Å². The fourth-order valence-corrected chi connectivity index (χ4v) is 2.43. The molecule has 0 saturated carbocycles. The Bertz CT molecular complexity index is 580. The van der Waals surface area contributed by atoms with E-state index in [-0.39, 0.29) is 48.3 Å². The summed E-state index contributed by atoms with van der Waals surface area (Å²) in [4.78, 5) is 29.1. The lowest BCUT2D eigenvalue weighted by molar-refractivity contribution is -0.140. The number of halogens is 1. The third kappa shape index (κ3) is 5.66. The highest BCUT2D eigenvalue weighted by Crippen LogP contribution is 2.20. The van der Waals surface area contributed by atoms with Crippen molar-refractivity contribution in [2.75, 3.05) is 32.1 Å². The molecule has 1 saturated heterocycles. The maximum atomic E-state index is 12.2. The number of nitrogens with zero attached hydrogens (tertiary/aromatic N) is 2. The minimum atomic E-state index is -0.278. The molecule has 132 valence electrons. The fraction of sp³-hybridized carbons (Fsp3) is 0.438. The molecule has 1 amide bonds. The lowest BCUT2D eigenvalue weighted by Crippen LogP contribution is -2.45. The van der Waals surface area contributed by atoms with Crippen molar-refractivity contribution in [3.63, 3.8) is 0 Å². The Balaban J connectivity index is 0.00000288. The van der Waals surface area contributed by atoms with Crippen LogP contribution >= 0.6 is 24.0 Å². The van der Waals surface area contributed by atoms with Gasteiger partial charge in [-0.1, -0.05) is 18.2 Å². The summed E-state index contributed by atoms with van der Waals surface area (Å²) < 4.78 is 4.59. The maximum absolute atomic E-state index is 12.2. The SMILES string of the molecule is CN=C(NCCC(=O)OC)NC1CC(=O)N(c2ccccc2)C1.I. The molecule has 24 heavy (non-hydrogen) atoms. The average molecular weight is 446 g/mol. The first-order valence-corrected chi connectivity index (χ1v) is 7.53. The van der Waals surface area contributed by atoms with Gasteiger partial charge in [0.1, 0.15) is 0 Å². The van der Waals surface area contributed by atoms with Crippen molar-refractivity contribution < 1.29 is 14.3 Å². The molecule has 1 aliphatic rings. The molecule has 2 N–H and O–H groups in total. The highest BCUT2D eigenvalue weighted by atomic mass is 127. The highest BCUT2D eigenvalue weighted by molar-refractivity contribution is 14.0. The number of esters is 1. The normalized spacial score (nSPS) is 17.2. The van der Waals surface area contributed by atoms with Crippen molar-refractivity contribution in [2.45, 2.75) is 18.9 Å². The predicted octanol–water partition coefficient (Wildman–Crippen LogP) is 1.14. The molecule has 1 aromatic carbocycles. The van der Waals surface area contributed by atoms with E-state index in [0.29, 0.717) is 25.5 Å². The topological polar surface area (TPSA) is 83.0 Å². The second kappa shape index (κ2) is 10.1. The van der Waals surface area contributed by atoms with E-state index in [0.717, 1.165) is 5.69 Å². The van der Waals surface area contributed by atoms with Crippen LogP contribution in [0.15, 0.2) is 35.3 Å². The molecule has 1 aliphatic heterocycles. The van der Waals surface area contributed by atoms with Gasteiger partial charge in [-0.15, -0.1) is 24.0 Å². The van der Waals surface area contributed by atoms with Gasteiger partial charge in [0.15, 0.2) is 5.96 Å². The largest absolute Gasteiger partial charge is 0.469 e. The molecule has 1 atom stereocenters. The second-order valence-corrected chi connectivity index (χ2v) is 5.21. The van der Waals surface area contributed by atoms with Gasteiger partial charge in [-0.2, -0.15) is 0 Å². The summed E-state index contributed by atoms with van der Waals surface area (Å²) in [6.07, 6.45) is 0.670. The molecular weight excluding hydrogens is 423 g/mol. The number of guanidine groups is 1. The van der Waals surface area contributed by atoms with E-state index in [1.54, 1.807) is 11.9 Å². The summed E-state index contributed by atoms with van der Waals surface area (Å²) >= 11 is 0. The van der Waals surface area contributed by atoms with Gasteiger partial charge in [-0.25, -0.2) is 0 Å². The Morgan fingerprint density at radius 2 is 2.08 bits per heavy atom. The monoisotopic (exact) mass is 446 g/mol. The number of anilines is 1. The Kier molecular flexibility index (Phi) is 8.51. The summed E-state index contributed by atoms with van der Waals surface area (Å²) in [7, 11) is 3.01. The molecule has 0 aromatic heterocycles. The number of carbonyl (C=O) groups is 2. The first-order valence-electron chi connectivity index (χ1n) is 7.53. The summed E-state index contributed by atoms with van der Waals surface area (Å²) in [6.45, 7) is 1.01. The molecule has 0 spiro atoms. The third-order valence-electron chi connectivity index (χ3n) is 3.61. The summed E-state index contributed by atoms with van der Waals surface area (Å²) in [5.41, 5.74) is 0.899. The van der Waals surface area contributed by atoms with Crippen molar-refractivity contribution in [3.8, 4) is 0 Å². The molecule has 2 rings (SSSR count). The van der Waals surface area contributed by atoms with E-state index >= 15 is 0 Å². The molecule has 1 fully saturated rings. The summed E-state index contributed by atoms with van der Waals surface area (Å²) in [5, 5.41) is 6.25. The number of amides is 1. The number of hydrogen-bond donors (Lipinski definition) is 2. The maximum Gasteiger partial charge on any atom is 0.307 e. The molecule has 0 radical (unpaired) electrons. The first kappa shape index (κ1) is 20.2. The predicted molar refractivity (Wildman–Crippen MR) is 104 cm³/mol. The van der Waals surface area contributed by atoms with Crippen LogP contribution in [0, 0.1) is 0 Å². The van der Waals surface area contributed by atoms with E-state index in [1.165, 1.54) is 7.11 Å². The zero-order chi connectivity index (χ0) is 16.7. The van der Waals surface area contributed by atoms with Crippen LogP contribution in [0.2, 0.25) is 0 Å². The number of benzene rings is 1. The number of hydrogen-bond acceptors (Lipinski definition) is 4. The summed E-state index contributed by atoms with van der Waals surface area (Å²) in [6, 6.07) is 9.57. The van der Waals surface area contributed by atoms with Crippen LogP contribution in [0.4, 0.5) is 5.69 Å². The minimum Gasteiger partial charge on any atom is -0.469 e. The minimum absolute atomic E-state index is 0. The van der Waals surface area contributed by atoms with Gasteiger partial charge in [0.2, 0.25) is 5.91 Å². The van der Waals surface area contributed by atoms with Gasteiger partial charge in [0, 0.05) is 32.2 Å². The number of para-hydroxylation sites is 1. The lowest BCUT2D eigenvalue weighted by Gasteiger charge is -2.18. The van der Waals surface area contributed by atoms with Crippen molar-refractivity contribution in [1.82, 2.24) is 10.6 Å². The molecule has 1 unspecified atom stereocenters. The van der Waals surface area contributed by atoms with Crippen LogP contribution in [0.3, 0.4) is 0 Å². The summed E-state index contributed by atoms with van der Waals surface area (Å²) in [5.74, 6) is 0.375. The quantitative estimate of drug-likeness (QED) is 0.307. The molecule has 8 heteroatoms. The zero-order valence-electron chi connectivity index (χ0n) is 13.8. The number of carbonyl (C=O) groups excluding carboxylic acids is 2. The Morgan fingerprint density at radius 1 is 1.38 bits per heavy atom.